The van der Waals surface area contributed by atoms with Crippen molar-refractivity contribution >= 4 is 23.3 Å². The number of nitrogens with one attached hydrogen (secondary N) is 1. The van der Waals surface area contributed by atoms with Gasteiger partial charge in [0.15, 0.2) is 0 Å². The van der Waals surface area contributed by atoms with Crippen LogP contribution in [0.5, 0.6) is 0 Å². The predicted octanol–water partition coefficient (Wildman–Crippen LogP) is 4.34. The lowest BCUT2D eigenvalue weighted by atomic mass is 9.97. The van der Waals surface area contributed by atoms with Gasteiger partial charge in [-0.25, -0.2) is 14.1 Å². The Morgan fingerprint density at radius 1 is 1.05 bits per heavy atom. The first-order chi connectivity index (χ1) is 17.9. The number of benzene rings is 2. The van der Waals surface area contributed by atoms with Crippen LogP contribution >= 0.6 is 0 Å². The first-order valence-corrected chi connectivity index (χ1v) is 12.1. The van der Waals surface area contributed by atoms with Gasteiger partial charge in [0, 0.05) is 24.8 Å². The van der Waals surface area contributed by atoms with E-state index in [1.54, 1.807) is 35.3 Å². The van der Waals surface area contributed by atoms with Gasteiger partial charge in [-0.05, 0) is 56.2 Å². The number of hydrogen-bond donors (Lipinski definition) is 2. The number of rotatable bonds is 6. The smallest absolute Gasteiger partial charge is 0.259 e. The summed E-state index contributed by atoms with van der Waals surface area (Å²) >= 11 is 0. The zero-order valence-electron chi connectivity index (χ0n) is 20.4. The Morgan fingerprint density at radius 3 is 2.49 bits per heavy atom. The maximum absolute atomic E-state index is 13.4. The number of amides is 2. The molecule has 1 fully saturated rings. The van der Waals surface area contributed by atoms with E-state index in [1.165, 1.54) is 12.1 Å². The number of carbonyl (C=O) groups excluding carboxylic acids is 2. The molecule has 0 radical (unpaired) electrons. The molecule has 2 amide bonds. The molecule has 5 rings (SSSR count). The number of halogens is 1. The first kappa shape index (κ1) is 24.2. The summed E-state index contributed by atoms with van der Waals surface area (Å²) in [5.74, 6) is -0.441. The molecule has 9 heteroatoms. The molecule has 3 heterocycles. The third-order valence-corrected chi connectivity index (χ3v) is 6.53. The number of anilines is 2. The van der Waals surface area contributed by atoms with Crippen LogP contribution in [0.1, 0.15) is 28.8 Å². The van der Waals surface area contributed by atoms with Crippen molar-refractivity contribution in [3.63, 3.8) is 0 Å². The van der Waals surface area contributed by atoms with Crippen LogP contribution in [-0.2, 0) is 4.79 Å². The molecule has 0 aliphatic carbocycles. The standard InChI is InChI=1S/C28H27FN6O2/c1-18-4-6-19(7-5-18)26-24(17-35(33-26)23-11-8-21(29)9-12-23)28(37)32-22-10-13-25(31-15-22)34-14-2-3-20(16-34)27(30)36/h4-13,15,17,20H,2-3,14,16H2,1H3,(H2,30,36)(H,32,37). The van der Waals surface area contributed by atoms with Crippen LogP contribution < -0.4 is 16.0 Å². The second kappa shape index (κ2) is 10.2. The molecule has 0 spiro atoms. The molecule has 4 aromatic rings. The molecule has 1 atom stereocenters. The molecule has 1 unspecified atom stereocenters. The van der Waals surface area contributed by atoms with Crippen molar-refractivity contribution < 1.29 is 14.0 Å². The average Bonchev–Trinajstić information content (AvgIpc) is 3.36. The maximum atomic E-state index is 13.4. The predicted molar refractivity (Wildman–Crippen MR) is 140 cm³/mol. The Labute approximate surface area is 213 Å². The number of primary amides is 1. The maximum Gasteiger partial charge on any atom is 0.259 e. The quantitative estimate of drug-likeness (QED) is 0.412. The van der Waals surface area contributed by atoms with Crippen molar-refractivity contribution in [3.05, 3.63) is 90.0 Å². The van der Waals surface area contributed by atoms with Crippen LogP contribution in [-0.4, -0.2) is 39.7 Å². The fourth-order valence-corrected chi connectivity index (χ4v) is 4.45. The first-order valence-electron chi connectivity index (χ1n) is 12.1. The number of piperidine rings is 1. The van der Waals surface area contributed by atoms with Crippen LogP contribution in [0.3, 0.4) is 0 Å². The van der Waals surface area contributed by atoms with E-state index in [1.807, 2.05) is 42.2 Å². The SMILES string of the molecule is Cc1ccc(-c2nn(-c3ccc(F)cc3)cc2C(=O)Nc2ccc(N3CCCC(C(N)=O)C3)nc2)cc1. The van der Waals surface area contributed by atoms with E-state index in [4.69, 9.17) is 5.73 Å². The van der Waals surface area contributed by atoms with Crippen LogP contribution in [0.15, 0.2) is 73.1 Å². The summed E-state index contributed by atoms with van der Waals surface area (Å²) < 4.78 is 15.0. The Morgan fingerprint density at radius 2 is 1.81 bits per heavy atom. The summed E-state index contributed by atoms with van der Waals surface area (Å²) in [6.07, 6.45) is 4.89. The zero-order valence-corrected chi connectivity index (χ0v) is 20.4. The number of aryl methyl sites for hydroxylation is 1. The van der Waals surface area contributed by atoms with Crippen molar-refractivity contribution in [2.24, 2.45) is 11.7 Å². The number of carbonyl (C=O) groups is 2. The fraction of sp³-hybridized carbons (Fsp3) is 0.214. The Hall–Kier alpha value is -4.53. The Balaban J connectivity index is 1.39. The van der Waals surface area contributed by atoms with E-state index in [-0.39, 0.29) is 23.5 Å². The van der Waals surface area contributed by atoms with Gasteiger partial charge >= 0.3 is 0 Å². The van der Waals surface area contributed by atoms with Gasteiger partial charge in [-0.1, -0.05) is 29.8 Å². The summed E-state index contributed by atoms with van der Waals surface area (Å²) in [7, 11) is 0. The Kier molecular flexibility index (Phi) is 6.68. The van der Waals surface area contributed by atoms with Crippen molar-refractivity contribution in [2.45, 2.75) is 19.8 Å². The molecule has 188 valence electrons. The van der Waals surface area contributed by atoms with E-state index in [0.717, 1.165) is 36.3 Å². The van der Waals surface area contributed by atoms with Gasteiger partial charge in [-0.3, -0.25) is 9.59 Å². The van der Waals surface area contributed by atoms with E-state index < -0.39 is 0 Å². The average molecular weight is 499 g/mol. The number of nitrogens with two attached hydrogens (primary N) is 1. The van der Waals surface area contributed by atoms with Crippen molar-refractivity contribution in [1.82, 2.24) is 14.8 Å². The summed E-state index contributed by atoms with van der Waals surface area (Å²) in [6.45, 7) is 3.32. The summed E-state index contributed by atoms with van der Waals surface area (Å²) in [5, 5.41) is 7.55. The molecule has 0 saturated carbocycles. The minimum Gasteiger partial charge on any atom is -0.369 e. The molecule has 1 aliphatic heterocycles. The fourth-order valence-electron chi connectivity index (χ4n) is 4.45. The van der Waals surface area contributed by atoms with Gasteiger partial charge in [-0.15, -0.1) is 0 Å². The second-order valence-electron chi connectivity index (χ2n) is 9.23. The molecular weight excluding hydrogens is 471 g/mol. The molecule has 2 aromatic carbocycles. The molecule has 1 aliphatic rings. The van der Waals surface area contributed by atoms with Gasteiger partial charge in [0.2, 0.25) is 5.91 Å². The highest BCUT2D eigenvalue weighted by Gasteiger charge is 2.25. The van der Waals surface area contributed by atoms with Gasteiger partial charge in [0.05, 0.1) is 29.1 Å². The highest BCUT2D eigenvalue weighted by Crippen LogP contribution is 2.26. The minimum atomic E-state index is -0.349. The minimum absolute atomic E-state index is 0.187. The van der Waals surface area contributed by atoms with E-state index >= 15 is 0 Å². The van der Waals surface area contributed by atoms with E-state index in [0.29, 0.717) is 29.2 Å². The molecule has 8 nitrogen and oxygen atoms in total. The summed E-state index contributed by atoms with van der Waals surface area (Å²) in [5.41, 5.74) is 9.42. The van der Waals surface area contributed by atoms with Gasteiger partial charge < -0.3 is 16.0 Å². The van der Waals surface area contributed by atoms with Gasteiger partial charge in [-0.2, -0.15) is 5.10 Å². The van der Waals surface area contributed by atoms with Gasteiger partial charge in [0.25, 0.3) is 5.91 Å². The van der Waals surface area contributed by atoms with Crippen molar-refractivity contribution in [1.29, 1.82) is 0 Å². The topological polar surface area (TPSA) is 106 Å². The summed E-state index contributed by atoms with van der Waals surface area (Å²) in [4.78, 5) is 31.5. The number of pyridine rings is 1. The zero-order chi connectivity index (χ0) is 25.9. The molecule has 37 heavy (non-hydrogen) atoms. The molecule has 2 aromatic heterocycles. The van der Waals surface area contributed by atoms with Crippen molar-refractivity contribution in [2.75, 3.05) is 23.3 Å². The molecule has 0 bridgehead atoms. The van der Waals surface area contributed by atoms with Crippen LogP contribution in [0.2, 0.25) is 0 Å². The van der Waals surface area contributed by atoms with Crippen molar-refractivity contribution in [3.8, 4) is 16.9 Å². The highest BCUT2D eigenvalue weighted by molar-refractivity contribution is 6.08. The normalized spacial score (nSPS) is 15.4. The molecule has 3 N–H and O–H groups in total. The van der Waals surface area contributed by atoms with Crippen LogP contribution in [0.4, 0.5) is 15.9 Å². The monoisotopic (exact) mass is 498 g/mol. The Bertz CT molecular complexity index is 1410. The number of nitrogens with zero attached hydrogens (tertiary/aromatic N) is 4. The van der Waals surface area contributed by atoms with Crippen LogP contribution in [0.25, 0.3) is 16.9 Å². The largest absolute Gasteiger partial charge is 0.369 e. The van der Waals surface area contributed by atoms with Crippen LogP contribution in [0, 0.1) is 18.7 Å². The lowest BCUT2D eigenvalue weighted by Gasteiger charge is -2.32. The number of hydrogen-bond acceptors (Lipinski definition) is 5. The van der Waals surface area contributed by atoms with E-state index in [9.17, 15) is 14.0 Å². The number of aromatic nitrogens is 3. The van der Waals surface area contributed by atoms with Gasteiger partial charge in [0.1, 0.15) is 17.3 Å². The molecular formula is C28H27FN6O2. The molecule has 1 saturated heterocycles. The second-order valence-corrected chi connectivity index (χ2v) is 9.23. The third kappa shape index (κ3) is 5.35. The highest BCUT2D eigenvalue weighted by atomic mass is 19.1. The summed E-state index contributed by atoms with van der Waals surface area (Å²) in [6, 6.07) is 17.3. The lowest BCUT2D eigenvalue weighted by molar-refractivity contribution is -0.122. The third-order valence-electron chi connectivity index (χ3n) is 6.53. The lowest BCUT2D eigenvalue weighted by Crippen LogP contribution is -2.41. The van der Waals surface area contributed by atoms with E-state index in [2.05, 4.69) is 15.4 Å².